The summed E-state index contributed by atoms with van der Waals surface area (Å²) in [7, 11) is 0. The summed E-state index contributed by atoms with van der Waals surface area (Å²) in [5, 5.41) is 8.91. The van der Waals surface area contributed by atoms with Gasteiger partial charge in [0, 0.05) is 6.07 Å². The number of benzene rings is 2. The number of nitrogens with zero attached hydrogens (tertiary/aromatic N) is 1. The first-order valence-electron chi connectivity index (χ1n) is 7.28. The third-order valence-electron chi connectivity index (χ3n) is 4.55. The summed E-state index contributed by atoms with van der Waals surface area (Å²) >= 11 is 0. The van der Waals surface area contributed by atoms with Crippen molar-refractivity contribution in [3.63, 3.8) is 0 Å². The molecule has 0 bridgehead atoms. The summed E-state index contributed by atoms with van der Waals surface area (Å²) in [5.41, 5.74) is 4.46. The van der Waals surface area contributed by atoms with Crippen molar-refractivity contribution in [2.75, 3.05) is 0 Å². The van der Waals surface area contributed by atoms with Crippen LogP contribution in [0.5, 0.6) is 11.5 Å². The smallest absolute Gasteiger partial charge is 0.131 e. The Hall–Kier alpha value is -2.34. The molecule has 0 radical (unpaired) electrons. The van der Waals surface area contributed by atoms with Crippen molar-refractivity contribution in [3.8, 4) is 17.6 Å². The SMILES string of the molecule is N#Cc1cc(F)cc(Oc2ccc3c4c2CCC4CC3)c1. The van der Waals surface area contributed by atoms with Crippen molar-refractivity contribution >= 4 is 0 Å². The van der Waals surface area contributed by atoms with Gasteiger partial charge in [-0.05, 0) is 66.5 Å². The highest BCUT2D eigenvalue weighted by Gasteiger charge is 2.32. The van der Waals surface area contributed by atoms with Crippen molar-refractivity contribution < 1.29 is 9.13 Å². The minimum absolute atomic E-state index is 0.278. The Kier molecular flexibility index (Phi) is 2.71. The highest BCUT2D eigenvalue weighted by atomic mass is 19.1. The van der Waals surface area contributed by atoms with Crippen LogP contribution in [0.15, 0.2) is 30.3 Å². The van der Waals surface area contributed by atoms with Gasteiger partial charge in [-0.2, -0.15) is 5.26 Å². The molecule has 1 unspecified atom stereocenters. The molecule has 0 saturated carbocycles. The summed E-state index contributed by atoms with van der Waals surface area (Å²) in [5.74, 6) is 1.44. The topological polar surface area (TPSA) is 33.0 Å². The number of aryl methyl sites for hydroxylation is 1. The molecule has 0 aliphatic heterocycles. The van der Waals surface area contributed by atoms with Gasteiger partial charge in [-0.3, -0.25) is 0 Å². The maximum Gasteiger partial charge on any atom is 0.131 e. The fraction of sp³-hybridized carbons (Fsp3) is 0.278. The number of halogens is 1. The van der Waals surface area contributed by atoms with E-state index in [9.17, 15) is 4.39 Å². The van der Waals surface area contributed by atoms with Gasteiger partial charge in [0.15, 0.2) is 0 Å². The second-order valence-electron chi connectivity index (χ2n) is 5.78. The van der Waals surface area contributed by atoms with Crippen LogP contribution in [0.3, 0.4) is 0 Å². The lowest BCUT2D eigenvalue weighted by atomic mass is 10.0. The van der Waals surface area contributed by atoms with E-state index < -0.39 is 5.82 Å². The summed E-state index contributed by atoms with van der Waals surface area (Å²) in [6.07, 6.45) is 4.62. The van der Waals surface area contributed by atoms with E-state index in [1.807, 2.05) is 12.1 Å². The highest BCUT2D eigenvalue weighted by Crippen LogP contribution is 2.48. The molecule has 21 heavy (non-hydrogen) atoms. The fourth-order valence-corrected chi connectivity index (χ4v) is 3.67. The van der Waals surface area contributed by atoms with Crippen molar-refractivity contribution in [2.45, 2.75) is 31.6 Å². The van der Waals surface area contributed by atoms with Gasteiger partial charge in [-0.15, -0.1) is 0 Å². The van der Waals surface area contributed by atoms with Crippen LogP contribution < -0.4 is 4.74 Å². The molecule has 2 aliphatic carbocycles. The van der Waals surface area contributed by atoms with E-state index in [0.717, 1.165) is 18.6 Å². The average molecular weight is 279 g/mol. The second-order valence-corrected chi connectivity index (χ2v) is 5.78. The molecule has 2 aromatic rings. The van der Waals surface area contributed by atoms with E-state index in [-0.39, 0.29) is 5.56 Å². The maximum atomic E-state index is 13.5. The van der Waals surface area contributed by atoms with Gasteiger partial charge < -0.3 is 4.74 Å². The number of hydrogen-bond acceptors (Lipinski definition) is 2. The molecule has 0 aromatic heterocycles. The average Bonchev–Trinajstić information content (AvgIpc) is 3.07. The monoisotopic (exact) mass is 279 g/mol. The van der Waals surface area contributed by atoms with Crippen LogP contribution in [0.25, 0.3) is 0 Å². The summed E-state index contributed by atoms with van der Waals surface area (Å²) in [4.78, 5) is 0. The van der Waals surface area contributed by atoms with E-state index in [4.69, 9.17) is 10.00 Å². The standard InChI is InChI=1S/C18H14FNO/c19-14-7-11(10-20)8-15(9-14)21-17-6-4-13-2-1-12-3-5-16(17)18(12)13/h4,6-9,12H,1-3,5H2. The van der Waals surface area contributed by atoms with E-state index >= 15 is 0 Å². The zero-order chi connectivity index (χ0) is 14.4. The second kappa shape index (κ2) is 4.60. The first kappa shape index (κ1) is 12.4. The highest BCUT2D eigenvalue weighted by molar-refractivity contribution is 5.53. The first-order valence-corrected chi connectivity index (χ1v) is 7.28. The molecular weight excluding hydrogens is 265 g/mol. The predicted octanol–water partition coefficient (Wildman–Crippen LogP) is 4.47. The Morgan fingerprint density at radius 1 is 1.14 bits per heavy atom. The third kappa shape index (κ3) is 1.99. The van der Waals surface area contributed by atoms with Gasteiger partial charge in [0.25, 0.3) is 0 Å². The Labute approximate surface area is 122 Å². The lowest BCUT2D eigenvalue weighted by Crippen LogP contribution is -1.94. The van der Waals surface area contributed by atoms with Crippen molar-refractivity contribution in [1.29, 1.82) is 5.26 Å². The van der Waals surface area contributed by atoms with E-state index in [0.29, 0.717) is 11.7 Å². The van der Waals surface area contributed by atoms with Crippen molar-refractivity contribution in [3.05, 3.63) is 58.4 Å². The minimum Gasteiger partial charge on any atom is -0.457 e. The van der Waals surface area contributed by atoms with E-state index in [1.165, 1.54) is 41.7 Å². The predicted molar refractivity (Wildman–Crippen MR) is 77.0 cm³/mol. The molecule has 2 aliphatic rings. The van der Waals surface area contributed by atoms with Gasteiger partial charge in [-0.1, -0.05) is 6.07 Å². The molecule has 2 aromatic carbocycles. The molecule has 104 valence electrons. The van der Waals surface area contributed by atoms with Gasteiger partial charge in [0.1, 0.15) is 17.3 Å². The normalized spacial score (nSPS) is 18.4. The summed E-state index contributed by atoms with van der Waals surface area (Å²) in [6, 6.07) is 10.2. The van der Waals surface area contributed by atoms with Gasteiger partial charge >= 0.3 is 0 Å². The van der Waals surface area contributed by atoms with Crippen molar-refractivity contribution in [1.82, 2.24) is 0 Å². The number of nitriles is 1. The van der Waals surface area contributed by atoms with Crippen LogP contribution in [0.1, 0.15) is 41.0 Å². The lowest BCUT2D eigenvalue weighted by Gasteiger charge is -2.12. The molecule has 0 heterocycles. The molecule has 0 fully saturated rings. The van der Waals surface area contributed by atoms with Crippen molar-refractivity contribution in [2.24, 2.45) is 0 Å². The van der Waals surface area contributed by atoms with Crippen LogP contribution in [0, 0.1) is 17.1 Å². The van der Waals surface area contributed by atoms with Crippen LogP contribution in [-0.2, 0) is 12.8 Å². The van der Waals surface area contributed by atoms with Gasteiger partial charge in [0.2, 0.25) is 0 Å². The molecule has 2 nitrogen and oxygen atoms in total. The minimum atomic E-state index is -0.445. The summed E-state index contributed by atoms with van der Waals surface area (Å²) in [6.45, 7) is 0. The van der Waals surface area contributed by atoms with Gasteiger partial charge in [0.05, 0.1) is 11.6 Å². The van der Waals surface area contributed by atoms with Crippen LogP contribution in [0.4, 0.5) is 4.39 Å². The number of ether oxygens (including phenoxy) is 1. The number of hydrogen-bond donors (Lipinski definition) is 0. The molecule has 0 N–H and O–H groups in total. The Balaban J connectivity index is 1.74. The fourth-order valence-electron chi connectivity index (χ4n) is 3.67. The molecular formula is C18H14FNO. The number of rotatable bonds is 2. The zero-order valence-electron chi connectivity index (χ0n) is 11.5. The molecule has 0 spiro atoms. The molecule has 4 rings (SSSR count). The Bertz CT molecular complexity index is 776. The maximum absolute atomic E-state index is 13.5. The van der Waals surface area contributed by atoms with E-state index in [1.54, 1.807) is 6.07 Å². The molecule has 0 saturated heterocycles. The third-order valence-corrected chi connectivity index (χ3v) is 4.55. The molecule has 3 heteroatoms. The van der Waals surface area contributed by atoms with Gasteiger partial charge in [-0.25, -0.2) is 4.39 Å². The van der Waals surface area contributed by atoms with Crippen LogP contribution in [0.2, 0.25) is 0 Å². The lowest BCUT2D eigenvalue weighted by molar-refractivity contribution is 0.471. The quantitative estimate of drug-likeness (QED) is 0.812. The molecule has 1 atom stereocenters. The Morgan fingerprint density at radius 3 is 2.86 bits per heavy atom. The Morgan fingerprint density at radius 2 is 2.00 bits per heavy atom. The first-order chi connectivity index (χ1) is 10.2. The van der Waals surface area contributed by atoms with Crippen LogP contribution in [-0.4, -0.2) is 0 Å². The zero-order valence-corrected chi connectivity index (χ0v) is 11.5. The molecule has 0 amide bonds. The van der Waals surface area contributed by atoms with Crippen LogP contribution >= 0.6 is 0 Å². The van der Waals surface area contributed by atoms with E-state index in [2.05, 4.69) is 6.07 Å². The largest absolute Gasteiger partial charge is 0.457 e. The summed E-state index contributed by atoms with van der Waals surface area (Å²) < 4.78 is 19.4.